The van der Waals surface area contributed by atoms with Crippen LogP contribution >= 0.6 is 0 Å². The van der Waals surface area contributed by atoms with Crippen molar-refractivity contribution in [2.75, 3.05) is 6.54 Å². The molecule has 1 aromatic carbocycles. The van der Waals surface area contributed by atoms with Gasteiger partial charge < -0.3 is 0 Å². The van der Waals surface area contributed by atoms with Crippen molar-refractivity contribution in [3.63, 3.8) is 0 Å². The number of aryl methyl sites for hydroxylation is 1. The first kappa shape index (κ1) is 13.2. The van der Waals surface area contributed by atoms with Crippen LogP contribution in [0.1, 0.15) is 25.3 Å². The van der Waals surface area contributed by atoms with Gasteiger partial charge in [-0.15, -0.1) is 0 Å². The van der Waals surface area contributed by atoms with E-state index in [4.69, 9.17) is 0 Å². The summed E-state index contributed by atoms with van der Waals surface area (Å²) in [5.74, 6) is -0.0804. The van der Waals surface area contributed by atoms with Crippen molar-refractivity contribution in [1.29, 1.82) is 0 Å². The first-order chi connectivity index (χ1) is 8.43. The molecule has 1 heterocycles. The predicted molar refractivity (Wildman–Crippen MR) is 68.8 cm³/mol. The molecule has 4 nitrogen and oxygen atoms in total. The summed E-state index contributed by atoms with van der Waals surface area (Å²) in [6.45, 7) is 3.79. The Morgan fingerprint density at radius 3 is 2.44 bits per heavy atom. The number of benzene rings is 1. The van der Waals surface area contributed by atoms with Crippen molar-refractivity contribution in [2.45, 2.75) is 37.6 Å². The average molecular weight is 267 g/mol. The lowest BCUT2D eigenvalue weighted by atomic mass is 10.2. The highest BCUT2D eigenvalue weighted by atomic mass is 32.2. The number of hydrogen-bond donors (Lipinski definition) is 0. The van der Waals surface area contributed by atoms with Crippen LogP contribution in [0, 0.1) is 6.92 Å². The van der Waals surface area contributed by atoms with Gasteiger partial charge in [0, 0.05) is 6.54 Å². The van der Waals surface area contributed by atoms with Gasteiger partial charge in [-0.25, -0.2) is 8.42 Å². The number of carbonyl (C=O) groups is 1. The molecule has 2 rings (SSSR count). The van der Waals surface area contributed by atoms with E-state index in [1.54, 1.807) is 24.3 Å². The first-order valence-corrected chi connectivity index (χ1v) is 7.46. The maximum Gasteiger partial charge on any atom is 0.243 e. The second-order valence-electron chi connectivity index (χ2n) is 4.70. The molecule has 1 unspecified atom stereocenters. The Bertz CT molecular complexity index is 548. The summed E-state index contributed by atoms with van der Waals surface area (Å²) >= 11 is 0. The Balaban J connectivity index is 2.36. The van der Waals surface area contributed by atoms with Gasteiger partial charge in [0.05, 0.1) is 10.9 Å². The highest BCUT2D eigenvalue weighted by Gasteiger charge is 2.37. The Labute approximate surface area is 108 Å². The number of carbonyl (C=O) groups excluding carboxylic acids is 1. The van der Waals surface area contributed by atoms with Crippen LogP contribution in [0.25, 0.3) is 0 Å². The van der Waals surface area contributed by atoms with Crippen LogP contribution in [0.5, 0.6) is 0 Å². The maximum atomic E-state index is 12.4. The minimum absolute atomic E-state index is 0.0804. The number of Topliss-reactive ketones (excluding diaryl/α,β-unsaturated/α-hetero) is 1. The molecule has 0 aliphatic carbocycles. The summed E-state index contributed by atoms with van der Waals surface area (Å²) < 4.78 is 26.2. The summed E-state index contributed by atoms with van der Waals surface area (Å²) in [6.07, 6.45) is 1.37. The van der Waals surface area contributed by atoms with Gasteiger partial charge in [-0.2, -0.15) is 4.31 Å². The molecule has 0 amide bonds. The van der Waals surface area contributed by atoms with E-state index in [0.717, 1.165) is 12.0 Å². The molecular weight excluding hydrogens is 250 g/mol. The van der Waals surface area contributed by atoms with Crippen molar-refractivity contribution in [3.8, 4) is 0 Å². The number of ketones is 1. The van der Waals surface area contributed by atoms with Crippen LogP contribution in [0.4, 0.5) is 0 Å². The van der Waals surface area contributed by atoms with E-state index in [0.29, 0.717) is 13.0 Å². The number of sulfonamides is 1. The van der Waals surface area contributed by atoms with Gasteiger partial charge in [-0.05, 0) is 38.8 Å². The Morgan fingerprint density at radius 1 is 1.28 bits per heavy atom. The van der Waals surface area contributed by atoms with Gasteiger partial charge in [-0.3, -0.25) is 4.79 Å². The van der Waals surface area contributed by atoms with Crippen LogP contribution in [0.15, 0.2) is 29.2 Å². The zero-order chi connectivity index (χ0) is 13.3. The van der Waals surface area contributed by atoms with Gasteiger partial charge in [0.2, 0.25) is 10.0 Å². The monoisotopic (exact) mass is 267 g/mol. The van der Waals surface area contributed by atoms with E-state index in [-0.39, 0.29) is 10.7 Å². The van der Waals surface area contributed by atoms with Crippen LogP contribution in [-0.4, -0.2) is 31.1 Å². The van der Waals surface area contributed by atoms with Crippen LogP contribution in [0.2, 0.25) is 0 Å². The molecule has 0 aromatic heterocycles. The molecule has 18 heavy (non-hydrogen) atoms. The fourth-order valence-electron chi connectivity index (χ4n) is 2.28. The second-order valence-corrected chi connectivity index (χ2v) is 6.59. The average Bonchev–Trinajstić information content (AvgIpc) is 2.79. The van der Waals surface area contributed by atoms with E-state index >= 15 is 0 Å². The number of hydrogen-bond acceptors (Lipinski definition) is 3. The zero-order valence-corrected chi connectivity index (χ0v) is 11.4. The molecule has 5 heteroatoms. The highest BCUT2D eigenvalue weighted by Crippen LogP contribution is 2.26. The van der Waals surface area contributed by atoms with Gasteiger partial charge in [0.25, 0.3) is 0 Å². The first-order valence-electron chi connectivity index (χ1n) is 6.02. The number of rotatable bonds is 3. The molecule has 0 N–H and O–H groups in total. The lowest BCUT2D eigenvalue weighted by Gasteiger charge is -2.22. The van der Waals surface area contributed by atoms with Crippen LogP contribution in [0.3, 0.4) is 0 Å². The summed E-state index contributed by atoms with van der Waals surface area (Å²) in [6, 6.07) is 6.24. The molecule has 98 valence electrons. The molecule has 1 aromatic rings. The van der Waals surface area contributed by atoms with E-state index in [1.807, 2.05) is 6.92 Å². The highest BCUT2D eigenvalue weighted by molar-refractivity contribution is 7.89. The fraction of sp³-hybridized carbons (Fsp3) is 0.462. The Hall–Kier alpha value is -1.20. The summed E-state index contributed by atoms with van der Waals surface area (Å²) in [5.41, 5.74) is 1.01. The maximum absolute atomic E-state index is 12.4. The van der Waals surface area contributed by atoms with E-state index in [2.05, 4.69) is 0 Å². The quantitative estimate of drug-likeness (QED) is 0.838. The third-order valence-corrected chi connectivity index (χ3v) is 5.22. The molecule has 0 spiro atoms. The van der Waals surface area contributed by atoms with Gasteiger partial charge in [-0.1, -0.05) is 17.7 Å². The zero-order valence-electron chi connectivity index (χ0n) is 10.6. The molecule has 1 aliphatic rings. The third kappa shape index (κ3) is 2.33. The van der Waals surface area contributed by atoms with Crippen molar-refractivity contribution in [2.24, 2.45) is 0 Å². The number of nitrogens with zero attached hydrogens (tertiary/aromatic N) is 1. The lowest BCUT2D eigenvalue weighted by molar-refractivity contribution is -0.119. The molecule has 0 saturated carbocycles. The van der Waals surface area contributed by atoms with E-state index in [1.165, 1.54) is 11.2 Å². The van der Waals surface area contributed by atoms with Gasteiger partial charge in [0.15, 0.2) is 0 Å². The summed E-state index contributed by atoms with van der Waals surface area (Å²) in [4.78, 5) is 11.7. The van der Waals surface area contributed by atoms with Gasteiger partial charge in [0.1, 0.15) is 5.78 Å². The molecule has 1 aliphatic heterocycles. The largest absolute Gasteiger partial charge is 0.298 e. The second kappa shape index (κ2) is 4.82. The standard InChI is InChI=1S/C13H17NO3S/c1-10-5-7-12(8-6-10)18(16,17)14-9-3-4-13(14)11(2)15/h5-8,13H,3-4,9H2,1-2H3. The predicted octanol–water partition coefficient (Wildman–Crippen LogP) is 1.74. The fourth-order valence-corrected chi connectivity index (χ4v) is 3.99. The summed E-state index contributed by atoms with van der Waals surface area (Å²) in [5, 5.41) is 0. The summed E-state index contributed by atoms with van der Waals surface area (Å²) in [7, 11) is -3.54. The molecule has 1 atom stereocenters. The molecule has 0 bridgehead atoms. The smallest absolute Gasteiger partial charge is 0.243 e. The minimum Gasteiger partial charge on any atom is -0.298 e. The Kier molecular flexibility index (Phi) is 3.54. The van der Waals surface area contributed by atoms with Crippen molar-refractivity contribution in [1.82, 2.24) is 4.31 Å². The third-order valence-electron chi connectivity index (χ3n) is 3.30. The lowest BCUT2D eigenvalue weighted by Crippen LogP contribution is -2.39. The SMILES string of the molecule is CC(=O)C1CCCN1S(=O)(=O)c1ccc(C)cc1. The molecule has 1 saturated heterocycles. The minimum atomic E-state index is -3.54. The molecule has 0 radical (unpaired) electrons. The van der Waals surface area contributed by atoms with Crippen molar-refractivity contribution < 1.29 is 13.2 Å². The van der Waals surface area contributed by atoms with E-state index < -0.39 is 16.1 Å². The van der Waals surface area contributed by atoms with Crippen molar-refractivity contribution in [3.05, 3.63) is 29.8 Å². The van der Waals surface area contributed by atoms with Crippen molar-refractivity contribution >= 4 is 15.8 Å². The van der Waals surface area contributed by atoms with Gasteiger partial charge >= 0.3 is 0 Å². The normalized spacial score (nSPS) is 21.1. The topological polar surface area (TPSA) is 54.5 Å². The molecule has 1 fully saturated rings. The van der Waals surface area contributed by atoms with Crippen LogP contribution < -0.4 is 0 Å². The van der Waals surface area contributed by atoms with E-state index in [9.17, 15) is 13.2 Å². The van der Waals surface area contributed by atoms with Crippen LogP contribution in [-0.2, 0) is 14.8 Å². The Morgan fingerprint density at radius 2 is 1.89 bits per heavy atom. The molecular formula is C13H17NO3S.